The number of rotatable bonds is 2. The molecule has 1 saturated heterocycles. The van der Waals surface area contributed by atoms with Crippen LogP contribution in [0.3, 0.4) is 0 Å². The Hall–Kier alpha value is -1.86. The van der Waals surface area contributed by atoms with Crippen LogP contribution >= 0.6 is 0 Å². The van der Waals surface area contributed by atoms with Crippen LogP contribution in [0.25, 0.3) is 0 Å². The van der Waals surface area contributed by atoms with Gasteiger partial charge < -0.3 is 10.6 Å². The topological polar surface area (TPSA) is 64.9 Å². The molecule has 0 spiro atoms. The predicted octanol–water partition coefficient (Wildman–Crippen LogP) is 1.89. The van der Waals surface area contributed by atoms with E-state index in [2.05, 4.69) is 16.7 Å². The van der Waals surface area contributed by atoms with Gasteiger partial charge in [0.2, 0.25) is 5.91 Å². The average Bonchev–Trinajstić information content (AvgIpc) is 2.40. The fourth-order valence-corrected chi connectivity index (χ4v) is 2.16. The molecule has 4 nitrogen and oxygen atoms in total. The summed E-state index contributed by atoms with van der Waals surface area (Å²) in [4.78, 5) is 12.2. The number of anilines is 1. The molecular formula is C14H17N3O. The van der Waals surface area contributed by atoms with Crippen LogP contribution in [0.1, 0.15) is 25.3 Å². The first-order valence-electron chi connectivity index (χ1n) is 6.16. The lowest BCUT2D eigenvalue weighted by Crippen LogP contribution is -2.46. The van der Waals surface area contributed by atoms with Crippen molar-refractivity contribution in [3.05, 3.63) is 29.8 Å². The molecule has 94 valence electrons. The Balaban J connectivity index is 2.04. The fraction of sp³-hybridized carbons (Fsp3) is 0.429. The summed E-state index contributed by atoms with van der Waals surface area (Å²) < 4.78 is 0. The Bertz CT molecular complexity index is 467. The number of nitrogens with zero attached hydrogens (tertiary/aromatic N) is 1. The van der Waals surface area contributed by atoms with Gasteiger partial charge >= 0.3 is 0 Å². The highest BCUT2D eigenvalue weighted by Gasteiger charge is 2.34. The molecule has 1 heterocycles. The van der Waals surface area contributed by atoms with Gasteiger partial charge in [-0.3, -0.25) is 4.79 Å². The second-order valence-electron chi connectivity index (χ2n) is 4.98. The maximum atomic E-state index is 12.2. The van der Waals surface area contributed by atoms with Crippen molar-refractivity contribution in [2.24, 2.45) is 5.41 Å². The van der Waals surface area contributed by atoms with Crippen LogP contribution in [0.15, 0.2) is 24.3 Å². The molecule has 1 atom stereocenters. The molecule has 1 unspecified atom stereocenters. The van der Waals surface area contributed by atoms with Gasteiger partial charge in [0.05, 0.1) is 17.0 Å². The third kappa shape index (κ3) is 2.69. The van der Waals surface area contributed by atoms with Gasteiger partial charge in [0, 0.05) is 12.2 Å². The van der Waals surface area contributed by atoms with Crippen LogP contribution in [0, 0.1) is 16.7 Å². The van der Waals surface area contributed by atoms with E-state index in [4.69, 9.17) is 5.26 Å². The maximum Gasteiger partial charge on any atom is 0.231 e. The van der Waals surface area contributed by atoms with Crippen LogP contribution in [0.2, 0.25) is 0 Å². The first-order chi connectivity index (χ1) is 8.64. The van der Waals surface area contributed by atoms with E-state index in [0.29, 0.717) is 5.56 Å². The van der Waals surface area contributed by atoms with E-state index in [1.807, 2.05) is 6.92 Å². The molecule has 1 aliphatic rings. The quantitative estimate of drug-likeness (QED) is 0.833. The summed E-state index contributed by atoms with van der Waals surface area (Å²) in [5.41, 5.74) is 0.996. The molecule has 1 fully saturated rings. The third-order valence-electron chi connectivity index (χ3n) is 3.42. The van der Waals surface area contributed by atoms with Gasteiger partial charge in [0.15, 0.2) is 0 Å². The van der Waals surface area contributed by atoms with E-state index in [0.717, 1.165) is 31.6 Å². The van der Waals surface area contributed by atoms with E-state index in [1.165, 1.54) is 0 Å². The Morgan fingerprint density at radius 3 is 2.72 bits per heavy atom. The minimum Gasteiger partial charge on any atom is -0.326 e. The van der Waals surface area contributed by atoms with Crippen molar-refractivity contribution >= 4 is 11.6 Å². The second kappa shape index (κ2) is 5.19. The van der Waals surface area contributed by atoms with Crippen LogP contribution in [0.4, 0.5) is 5.69 Å². The molecule has 2 rings (SSSR count). The molecule has 0 aliphatic carbocycles. The van der Waals surface area contributed by atoms with Gasteiger partial charge in [-0.15, -0.1) is 0 Å². The zero-order valence-corrected chi connectivity index (χ0v) is 10.5. The molecular weight excluding hydrogens is 226 g/mol. The lowest BCUT2D eigenvalue weighted by atomic mass is 9.82. The summed E-state index contributed by atoms with van der Waals surface area (Å²) >= 11 is 0. The lowest BCUT2D eigenvalue weighted by molar-refractivity contribution is -0.125. The number of nitrogens with one attached hydrogen (secondary N) is 2. The number of amides is 1. The molecule has 4 heteroatoms. The zero-order valence-electron chi connectivity index (χ0n) is 10.5. The Kier molecular flexibility index (Phi) is 3.63. The summed E-state index contributed by atoms with van der Waals surface area (Å²) in [6.45, 7) is 3.69. The predicted molar refractivity (Wildman–Crippen MR) is 70.0 cm³/mol. The highest BCUT2D eigenvalue weighted by molar-refractivity contribution is 5.95. The minimum absolute atomic E-state index is 0.0411. The van der Waals surface area contributed by atoms with E-state index >= 15 is 0 Å². The second-order valence-corrected chi connectivity index (χ2v) is 4.98. The van der Waals surface area contributed by atoms with Gasteiger partial charge in [-0.1, -0.05) is 0 Å². The monoisotopic (exact) mass is 243 g/mol. The summed E-state index contributed by atoms with van der Waals surface area (Å²) in [6, 6.07) is 8.99. The molecule has 1 aromatic rings. The molecule has 1 aliphatic heterocycles. The molecule has 18 heavy (non-hydrogen) atoms. The number of carbonyl (C=O) groups excluding carboxylic acids is 1. The molecule has 2 N–H and O–H groups in total. The Labute approximate surface area is 107 Å². The highest BCUT2D eigenvalue weighted by atomic mass is 16.2. The van der Waals surface area contributed by atoms with Crippen molar-refractivity contribution in [2.75, 3.05) is 18.4 Å². The van der Waals surface area contributed by atoms with Crippen molar-refractivity contribution in [1.29, 1.82) is 5.26 Å². The van der Waals surface area contributed by atoms with E-state index in [1.54, 1.807) is 24.3 Å². The normalized spacial score (nSPS) is 23.1. The Morgan fingerprint density at radius 1 is 1.44 bits per heavy atom. The van der Waals surface area contributed by atoms with Crippen molar-refractivity contribution < 1.29 is 4.79 Å². The van der Waals surface area contributed by atoms with Crippen LogP contribution in [-0.4, -0.2) is 19.0 Å². The van der Waals surface area contributed by atoms with Gasteiger partial charge in [0.1, 0.15) is 0 Å². The van der Waals surface area contributed by atoms with Gasteiger partial charge in [-0.05, 0) is 50.6 Å². The van der Waals surface area contributed by atoms with Crippen molar-refractivity contribution in [3.8, 4) is 6.07 Å². The first-order valence-corrected chi connectivity index (χ1v) is 6.16. The van der Waals surface area contributed by atoms with Gasteiger partial charge in [-0.2, -0.15) is 5.26 Å². The first kappa shape index (κ1) is 12.6. The smallest absolute Gasteiger partial charge is 0.231 e. The highest BCUT2D eigenvalue weighted by Crippen LogP contribution is 2.27. The van der Waals surface area contributed by atoms with E-state index < -0.39 is 0 Å². The molecule has 0 bridgehead atoms. The number of hydrogen-bond donors (Lipinski definition) is 2. The van der Waals surface area contributed by atoms with E-state index in [9.17, 15) is 4.79 Å². The molecule has 1 amide bonds. The van der Waals surface area contributed by atoms with Crippen molar-refractivity contribution in [1.82, 2.24) is 5.32 Å². The Morgan fingerprint density at radius 2 is 2.17 bits per heavy atom. The van der Waals surface area contributed by atoms with Crippen molar-refractivity contribution in [2.45, 2.75) is 19.8 Å². The molecule has 0 aromatic heterocycles. The number of benzene rings is 1. The molecule has 1 aromatic carbocycles. The van der Waals surface area contributed by atoms with Gasteiger partial charge in [0.25, 0.3) is 0 Å². The molecule has 0 radical (unpaired) electrons. The lowest BCUT2D eigenvalue weighted by Gasteiger charge is -2.32. The number of nitriles is 1. The van der Waals surface area contributed by atoms with Crippen LogP contribution in [-0.2, 0) is 4.79 Å². The number of carbonyl (C=O) groups is 1. The SMILES string of the molecule is CC1(C(=O)Nc2ccc(C#N)cc2)CCCNC1. The average molecular weight is 243 g/mol. The molecule has 0 saturated carbocycles. The zero-order chi connectivity index (χ0) is 13.0. The maximum absolute atomic E-state index is 12.2. The summed E-state index contributed by atoms with van der Waals surface area (Å²) in [5.74, 6) is 0.0411. The van der Waals surface area contributed by atoms with Gasteiger partial charge in [-0.25, -0.2) is 0 Å². The van der Waals surface area contributed by atoms with E-state index in [-0.39, 0.29) is 11.3 Å². The van der Waals surface area contributed by atoms with Crippen LogP contribution < -0.4 is 10.6 Å². The van der Waals surface area contributed by atoms with Crippen LogP contribution in [0.5, 0.6) is 0 Å². The number of hydrogen-bond acceptors (Lipinski definition) is 3. The summed E-state index contributed by atoms with van der Waals surface area (Å²) in [5, 5.41) is 14.9. The summed E-state index contributed by atoms with van der Waals surface area (Å²) in [6.07, 6.45) is 1.93. The number of piperidine rings is 1. The van der Waals surface area contributed by atoms with Crippen molar-refractivity contribution in [3.63, 3.8) is 0 Å². The standard InChI is InChI=1S/C14H17N3O/c1-14(7-2-8-16-10-14)13(18)17-12-5-3-11(9-15)4-6-12/h3-6,16H,2,7-8,10H2,1H3,(H,17,18). The fourth-order valence-electron chi connectivity index (χ4n) is 2.16. The third-order valence-corrected chi connectivity index (χ3v) is 3.42. The summed E-state index contributed by atoms with van der Waals surface area (Å²) in [7, 11) is 0. The minimum atomic E-state index is -0.341. The largest absolute Gasteiger partial charge is 0.326 e.